The maximum absolute atomic E-state index is 4.79. The van der Waals surface area contributed by atoms with Crippen molar-refractivity contribution >= 4 is 0 Å². The molecule has 0 bridgehead atoms. The maximum Gasteiger partial charge on any atom is 0.128 e. The third-order valence-corrected chi connectivity index (χ3v) is 3.83. The van der Waals surface area contributed by atoms with Gasteiger partial charge in [0.2, 0.25) is 0 Å². The second kappa shape index (κ2) is 5.35. The molecule has 1 heterocycles. The van der Waals surface area contributed by atoms with Gasteiger partial charge in [-0.3, -0.25) is 0 Å². The maximum atomic E-state index is 4.79. The predicted molar refractivity (Wildman–Crippen MR) is 74.5 cm³/mol. The summed E-state index contributed by atoms with van der Waals surface area (Å²) >= 11 is 0. The molecule has 0 radical (unpaired) electrons. The standard InChI is InChI=1S/C15H25N3/c1-5-6-7-14-17-10-11-12(16-4)8-15(2,3)9-13(11)18-14/h10,12,16H,5-9H2,1-4H3. The van der Waals surface area contributed by atoms with Crippen LogP contribution in [0, 0.1) is 5.41 Å². The number of aryl methyl sites for hydroxylation is 1. The first-order valence-corrected chi connectivity index (χ1v) is 7.07. The van der Waals surface area contributed by atoms with Crippen LogP contribution in [0.25, 0.3) is 0 Å². The molecule has 18 heavy (non-hydrogen) atoms. The summed E-state index contributed by atoms with van der Waals surface area (Å²) in [5, 5.41) is 3.40. The van der Waals surface area contributed by atoms with Crippen LogP contribution in [0.3, 0.4) is 0 Å². The SMILES string of the molecule is CCCCc1ncc2c(n1)CC(C)(C)CC2NC. The molecule has 0 fully saturated rings. The monoisotopic (exact) mass is 247 g/mol. The molecule has 1 atom stereocenters. The van der Waals surface area contributed by atoms with Crippen molar-refractivity contribution in [2.75, 3.05) is 7.05 Å². The van der Waals surface area contributed by atoms with Crippen molar-refractivity contribution in [3.63, 3.8) is 0 Å². The van der Waals surface area contributed by atoms with Gasteiger partial charge >= 0.3 is 0 Å². The van der Waals surface area contributed by atoms with Gasteiger partial charge < -0.3 is 5.32 Å². The van der Waals surface area contributed by atoms with Crippen molar-refractivity contribution in [2.45, 2.75) is 58.9 Å². The topological polar surface area (TPSA) is 37.8 Å². The van der Waals surface area contributed by atoms with E-state index in [1.807, 2.05) is 13.2 Å². The van der Waals surface area contributed by atoms with Crippen LogP contribution in [-0.4, -0.2) is 17.0 Å². The molecule has 0 saturated carbocycles. The van der Waals surface area contributed by atoms with Crippen LogP contribution in [0.4, 0.5) is 0 Å². The lowest BCUT2D eigenvalue weighted by molar-refractivity contribution is 0.259. The molecule has 1 aliphatic carbocycles. The second-order valence-corrected chi connectivity index (χ2v) is 6.18. The van der Waals surface area contributed by atoms with Gasteiger partial charge in [-0.1, -0.05) is 27.2 Å². The molecular formula is C15H25N3. The minimum Gasteiger partial charge on any atom is -0.313 e. The summed E-state index contributed by atoms with van der Waals surface area (Å²) in [5.74, 6) is 1.02. The van der Waals surface area contributed by atoms with Crippen molar-refractivity contribution in [3.8, 4) is 0 Å². The molecule has 100 valence electrons. The van der Waals surface area contributed by atoms with Gasteiger partial charge in [-0.25, -0.2) is 9.97 Å². The van der Waals surface area contributed by atoms with Crippen molar-refractivity contribution in [3.05, 3.63) is 23.3 Å². The van der Waals surface area contributed by atoms with Crippen LogP contribution in [0.15, 0.2) is 6.20 Å². The van der Waals surface area contributed by atoms with Crippen molar-refractivity contribution < 1.29 is 0 Å². The molecule has 1 aliphatic rings. The van der Waals surface area contributed by atoms with E-state index < -0.39 is 0 Å². The Kier molecular flexibility index (Phi) is 4.00. The van der Waals surface area contributed by atoms with E-state index in [1.54, 1.807) is 0 Å². The van der Waals surface area contributed by atoms with Gasteiger partial charge in [-0.2, -0.15) is 0 Å². The fourth-order valence-electron chi connectivity index (χ4n) is 2.80. The van der Waals surface area contributed by atoms with Gasteiger partial charge in [0.25, 0.3) is 0 Å². The highest BCUT2D eigenvalue weighted by Crippen LogP contribution is 2.39. The van der Waals surface area contributed by atoms with Crippen LogP contribution in [0.1, 0.15) is 63.2 Å². The van der Waals surface area contributed by atoms with Gasteiger partial charge in [-0.15, -0.1) is 0 Å². The first-order valence-electron chi connectivity index (χ1n) is 7.07. The highest BCUT2D eigenvalue weighted by molar-refractivity contribution is 5.26. The minimum atomic E-state index is 0.330. The largest absolute Gasteiger partial charge is 0.313 e. The average molecular weight is 247 g/mol. The molecule has 3 nitrogen and oxygen atoms in total. The molecule has 1 aromatic rings. The fraction of sp³-hybridized carbons (Fsp3) is 0.733. The normalized spacial score (nSPS) is 21.7. The molecule has 0 aliphatic heterocycles. The van der Waals surface area contributed by atoms with Crippen LogP contribution in [0.2, 0.25) is 0 Å². The van der Waals surface area contributed by atoms with Crippen molar-refractivity contribution in [2.24, 2.45) is 5.41 Å². The highest BCUT2D eigenvalue weighted by Gasteiger charge is 2.32. The molecule has 1 unspecified atom stereocenters. The summed E-state index contributed by atoms with van der Waals surface area (Å²) in [6.07, 6.45) is 7.66. The van der Waals surface area contributed by atoms with Crippen LogP contribution < -0.4 is 5.32 Å². The number of unbranched alkanes of at least 4 members (excludes halogenated alkanes) is 1. The highest BCUT2D eigenvalue weighted by atomic mass is 14.9. The predicted octanol–water partition coefficient (Wildman–Crippen LogP) is 3.05. The molecule has 0 amide bonds. The Labute approximate surface area is 110 Å². The third-order valence-electron chi connectivity index (χ3n) is 3.83. The Hall–Kier alpha value is -0.960. The average Bonchev–Trinajstić information content (AvgIpc) is 2.33. The van der Waals surface area contributed by atoms with E-state index in [4.69, 9.17) is 4.98 Å². The van der Waals surface area contributed by atoms with E-state index in [0.29, 0.717) is 11.5 Å². The Morgan fingerprint density at radius 3 is 2.89 bits per heavy atom. The minimum absolute atomic E-state index is 0.330. The summed E-state index contributed by atoms with van der Waals surface area (Å²) in [5.41, 5.74) is 2.89. The third kappa shape index (κ3) is 2.89. The number of nitrogens with zero attached hydrogens (tertiary/aromatic N) is 2. The molecule has 0 saturated heterocycles. The summed E-state index contributed by atoms with van der Waals surface area (Å²) in [6.45, 7) is 6.86. The molecule has 2 rings (SSSR count). The lowest BCUT2D eigenvalue weighted by Gasteiger charge is -2.36. The number of nitrogens with one attached hydrogen (secondary N) is 1. The van der Waals surface area contributed by atoms with Gasteiger partial charge in [0.1, 0.15) is 5.82 Å². The Morgan fingerprint density at radius 1 is 1.44 bits per heavy atom. The summed E-state index contributed by atoms with van der Waals surface area (Å²) in [7, 11) is 2.03. The van der Waals surface area contributed by atoms with Crippen molar-refractivity contribution in [1.82, 2.24) is 15.3 Å². The first kappa shape index (κ1) is 13.5. The number of hydrogen-bond acceptors (Lipinski definition) is 3. The number of hydrogen-bond donors (Lipinski definition) is 1. The molecule has 0 aromatic carbocycles. The van der Waals surface area contributed by atoms with Crippen LogP contribution in [-0.2, 0) is 12.8 Å². The zero-order valence-corrected chi connectivity index (χ0v) is 12.1. The van der Waals surface area contributed by atoms with E-state index in [0.717, 1.165) is 25.1 Å². The molecule has 0 spiro atoms. The van der Waals surface area contributed by atoms with E-state index in [1.165, 1.54) is 24.1 Å². The second-order valence-electron chi connectivity index (χ2n) is 6.18. The quantitative estimate of drug-likeness (QED) is 0.888. The van der Waals surface area contributed by atoms with E-state index in [-0.39, 0.29) is 0 Å². The Morgan fingerprint density at radius 2 is 2.22 bits per heavy atom. The Bertz CT molecular complexity index is 412. The number of rotatable bonds is 4. The lowest BCUT2D eigenvalue weighted by atomic mass is 9.74. The molecular weight excluding hydrogens is 222 g/mol. The zero-order chi connectivity index (χ0) is 13.2. The van der Waals surface area contributed by atoms with Crippen LogP contribution >= 0.6 is 0 Å². The smallest absolute Gasteiger partial charge is 0.128 e. The zero-order valence-electron chi connectivity index (χ0n) is 12.1. The van der Waals surface area contributed by atoms with Crippen molar-refractivity contribution in [1.29, 1.82) is 0 Å². The summed E-state index contributed by atoms with van der Waals surface area (Å²) < 4.78 is 0. The van der Waals surface area contributed by atoms with Crippen LogP contribution in [0.5, 0.6) is 0 Å². The first-order chi connectivity index (χ1) is 8.55. The van der Waals surface area contributed by atoms with Gasteiger partial charge in [0.15, 0.2) is 0 Å². The van der Waals surface area contributed by atoms with Gasteiger partial charge in [0, 0.05) is 29.9 Å². The van der Waals surface area contributed by atoms with E-state index in [9.17, 15) is 0 Å². The van der Waals surface area contributed by atoms with E-state index >= 15 is 0 Å². The van der Waals surface area contributed by atoms with Gasteiger partial charge in [0.05, 0.1) is 0 Å². The number of fused-ring (bicyclic) bond motifs is 1. The molecule has 1 N–H and O–H groups in total. The molecule has 1 aromatic heterocycles. The van der Waals surface area contributed by atoms with Gasteiger partial charge in [-0.05, 0) is 31.7 Å². The lowest BCUT2D eigenvalue weighted by Crippen LogP contribution is -2.32. The summed E-state index contributed by atoms with van der Waals surface area (Å²) in [4.78, 5) is 9.32. The summed E-state index contributed by atoms with van der Waals surface area (Å²) in [6, 6.07) is 0.406. The molecule has 3 heteroatoms. The Balaban J connectivity index is 2.27. The number of aromatic nitrogens is 2. The van der Waals surface area contributed by atoms with E-state index in [2.05, 4.69) is 31.1 Å². The fourth-order valence-corrected chi connectivity index (χ4v) is 2.80.